The van der Waals surface area contributed by atoms with E-state index in [2.05, 4.69) is 39.2 Å². The molecule has 168 valence electrons. The van der Waals surface area contributed by atoms with E-state index in [1.54, 1.807) is 36.9 Å². The molecule has 0 spiro atoms. The molecule has 2 aromatic heterocycles. The highest BCUT2D eigenvalue weighted by molar-refractivity contribution is 7.16. The molecular formula is C24H24N6O2S. The summed E-state index contributed by atoms with van der Waals surface area (Å²) >= 11 is 1.45. The zero-order chi connectivity index (χ0) is 22.9. The number of hydrogen-bond donors (Lipinski definition) is 2. The van der Waals surface area contributed by atoms with Crippen LogP contribution in [-0.2, 0) is 0 Å². The Morgan fingerprint density at radius 1 is 1.21 bits per heavy atom. The van der Waals surface area contributed by atoms with Crippen LogP contribution in [0.25, 0.3) is 21.7 Å². The van der Waals surface area contributed by atoms with Gasteiger partial charge in [-0.2, -0.15) is 0 Å². The number of hydrogen-bond acceptors (Lipinski definition) is 8. The molecule has 1 atom stereocenters. The van der Waals surface area contributed by atoms with Crippen molar-refractivity contribution in [1.82, 2.24) is 15.0 Å². The normalized spacial score (nSPS) is 15.7. The SMILES string of the molecule is COc1cc(Nc2nc(-c3ccc(C(N)=O)cc3)nc3scnc23)cc(N2CCCC2C)c1. The van der Waals surface area contributed by atoms with Crippen molar-refractivity contribution in [2.24, 2.45) is 5.73 Å². The van der Waals surface area contributed by atoms with E-state index in [4.69, 9.17) is 15.5 Å². The number of thiazole rings is 1. The summed E-state index contributed by atoms with van der Waals surface area (Å²) < 4.78 is 5.57. The Hall–Kier alpha value is -3.72. The quantitative estimate of drug-likeness (QED) is 0.433. The van der Waals surface area contributed by atoms with Gasteiger partial charge in [-0.3, -0.25) is 4.79 Å². The van der Waals surface area contributed by atoms with Gasteiger partial charge < -0.3 is 20.7 Å². The van der Waals surface area contributed by atoms with Crippen LogP contribution in [0.5, 0.6) is 5.75 Å². The minimum absolute atomic E-state index is 0.441. The summed E-state index contributed by atoms with van der Waals surface area (Å²) in [4.78, 5) is 28.5. The minimum Gasteiger partial charge on any atom is -0.497 e. The number of aromatic nitrogens is 3. The number of carbonyl (C=O) groups is 1. The number of methoxy groups -OCH3 is 1. The molecule has 9 heteroatoms. The third kappa shape index (κ3) is 4.19. The van der Waals surface area contributed by atoms with Crippen LogP contribution >= 0.6 is 11.3 Å². The summed E-state index contributed by atoms with van der Waals surface area (Å²) in [5.41, 5.74) is 11.0. The number of primary amides is 1. The fourth-order valence-corrected chi connectivity index (χ4v) is 4.81. The maximum Gasteiger partial charge on any atom is 0.248 e. The third-order valence-electron chi connectivity index (χ3n) is 5.90. The van der Waals surface area contributed by atoms with Crippen LogP contribution in [0.4, 0.5) is 17.2 Å². The molecule has 0 aliphatic carbocycles. The number of ether oxygens (including phenoxy) is 1. The Kier molecular flexibility index (Phi) is 5.55. The Morgan fingerprint density at radius 2 is 2.03 bits per heavy atom. The molecule has 33 heavy (non-hydrogen) atoms. The van der Waals surface area contributed by atoms with Gasteiger partial charge in [-0.15, -0.1) is 11.3 Å². The first-order valence-corrected chi connectivity index (χ1v) is 11.6. The fraction of sp³-hybridized carbons (Fsp3) is 0.250. The Morgan fingerprint density at radius 3 is 2.73 bits per heavy atom. The molecule has 1 amide bonds. The van der Waals surface area contributed by atoms with E-state index in [9.17, 15) is 4.79 Å². The smallest absolute Gasteiger partial charge is 0.248 e. The first-order chi connectivity index (χ1) is 16.0. The first kappa shape index (κ1) is 21.1. The lowest BCUT2D eigenvalue weighted by Crippen LogP contribution is -2.26. The summed E-state index contributed by atoms with van der Waals surface area (Å²) in [6.45, 7) is 3.28. The number of fused-ring (bicyclic) bond motifs is 1. The van der Waals surface area contributed by atoms with Gasteiger partial charge in [0.2, 0.25) is 5.91 Å². The average Bonchev–Trinajstić information content (AvgIpc) is 3.47. The van der Waals surface area contributed by atoms with Crippen LogP contribution in [0, 0.1) is 0 Å². The van der Waals surface area contributed by atoms with E-state index in [-0.39, 0.29) is 0 Å². The number of nitrogens with two attached hydrogens (primary N) is 1. The number of nitrogens with zero attached hydrogens (tertiary/aromatic N) is 4. The van der Waals surface area contributed by atoms with E-state index in [1.165, 1.54) is 24.2 Å². The first-order valence-electron chi connectivity index (χ1n) is 10.8. The summed E-state index contributed by atoms with van der Waals surface area (Å²) in [5, 5.41) is 3.44. The lowest BCUT2D eigenvalue weighted by molar-refractivity contribution is 0.100. The third-order valence-corrected chi connectivity index (χ3v) is 6.62. The highest BCUT2D eigenvalue weighted by Crippen LogP contribution is 2.34. The molecule has 3 N–H and O–H groups in total. The second-order valence-corrected chi connectivity index (χ2v) is 8.91. The van der Waals surface area contributed by atoms with Gasteiger partial charge in [0.15, 0.2) is 11.6 Å². The Labute approximate surface area is 195 Å². The molecule has 4 aromatic rings. The van der Waals surface area contributed by atoms with Gasteiger partial charge in [-0.1, -0.05) is 12.1 Å². The zero-order valence-corrected chi connectivity index (χ0v) is 19.2. The molecule has 3 heterocycles. The van der Waals surface area contributed by atoms with Crippen LogP contribution in [-0.4, -0.2) is 40.6 Å². The highest BCUT2D eigenvalue weighted by atomic mass is 32.1. The highest BCUT2D eigenvalue weighted by Gasteiger charge is 2.22. The van der Waals surface area contributed by atoms with E-state index >= 15 is 0 Å². The second-order valence-electron chi connectivity index (χ2n) is 8.07. The van der Waals surface area contributed by atoms with Crippen molar-refractivity contribution in [2.45, 2.75) is 25.8 Å². The van der Waals surface area contributed by atoms with Crippen molar-refractivity contribution < 1.29 is 9.53 Å². The molecule has 5 rings (SSSR count). The number of amides is 1. The summed E-state index contributed by atoms with van der Waals surface area (Å²) in [5.74, 6) is 1.47. The number of benzene rings is 2. The maximum absolute atomic E-state index is 11.4. The minimum atomic E-state index is -0.469. The van der Waals surface area contributed by atoms with Gasteiger partial charge in [0, 0.05) is 47.2 Å². The van der Waals surface area contributed by atoms with Crippen molar-refractivity contribution in [3.05, 3.63) is 53.5 Å². The van der Waals surface area contributed by atoms with E-state index in [0.717, 1.165) is 34.1 Å². The van der Waals surface area contributed by atoms with Crippen molar-refractivity contribution >= 4 is 44.8 Å². The van der Waals surface area contributed by atoms with Gasteiger partial charge in [-0.25, -0.2) is 15.0 Å². The Balaban J connectivity index is 1.54. The lowest BCUT2D eigenvalue weighted by Gasteiger charge is -2.25. The molecule has 1 aliphatic rings. The summed E-state index contributed by atoms with van der Waals surface area (Å²) in [7, 11) is 1.67. The fourth-order valence-electron chi connectivity index (χ4n) is 4.15. The van der Waals surface area contributed by atoms with Crippen LogP contribution in [0.1, 0.15) is 30.1 Å². The monoisotopic (exact) mass is 460 g/mol. The molecule has 1 aliphatic heterocycles. The van der Waals surface area contributed by atoms with Crippen molar-refractivity contribution in [1.29, 1.82) is 0 Å². The van der Waals surface area contributed by atoms with Gasteiger partial charge in [0.25, 0.3) is 0 Å². The molecule has 1 saturated heterocycles. The summed E-state index contributed by atoms with van der Waals surface area (Å²) in [6.07, 6.45) is 2.37. The van der Waals surface area contributed by atoms with Crippen molar-refractivity contribution in [3.8, 4) is 17.1 Å². The molecule has 2 aromatic carbocycles. The average molecular weight is 461 g/mol. The summed E-state index contributed by atoms with van der Waals surface area (Å²) in [6, 6.07) is 13.6. The van der Waals surface area contributed by atoms with Crippen LogP contribution < -0.4 is 20.7 Å². The molecule has 8 nitrogen and oxygen atoms in total. The van der Waals surface area contributed by atoms with E-state index < -0.39 is 5.91 Å². The molecule has 0 saturated carbocycles. The number of rotatable bonds is 6. The van der Waals surface area contributed by atoms with Gasteiger partial charge in [-0.05, 0) is 38.0 Å². The number of anilines is 3. The predicted molar refractivity (Wildman–Crippen MR) is 131 cm³/mol. The van der Waals surface area contributed by atoms with E-state index in [0.29, 0.717) is 28.8 Å². The standard InChI is InChI=1S/C24H24N6O2S/c1-14-4-3-9-30(14)18-10-17(11-19(12-18)32-2)27-23-20-24(33-13-26-20)29-22(28-23)16-7-5-15(6-8-16)21(25)31/h5-8,10-14H,3-4,9H2,1-2H3,(H2,25,31)(H,27,28,29). The lowest BCUT2D eigenvalue weighted by atomic mass is 10.1. The van der Waals surface area contributed by atoms with Crippen LogP contribution in [0.3, 0.4) is 0 Å². The molecular weight excluding hydrogens is 436 g/mol. The van der Waals surface area contributed by atoms with Crippen molar-refractivity contribution in [3.63, 3.8) is 0 Å². The number of carbonyl (C=O) groups excluding carboxylic acids is 1. The molecule has 0 bridgehead atoms. The maximum atomic E-state index is 11.4. The zero-order valence-electron chi connectivity index (χ0n) is 18.4. The largest absolute Gasteiger partial charge is 0.497 e. The second kappa shape index (κ2) is 8.67. The van der Waals surface area contributed by atoms with Crippen LogP contribution in [0.15, 0.2) is 48.0 Å². The van der Waals surface area contributed by atoms with E-state index in [1.807, 2.05) is 6.07 Å². The van der Waals surface area contributed by atoms with Gasteiger partial charge in [0.05, 0.1) is 12.6 Å². The number of nitrogens with one attached hydrogen (secondary N) is 1. The molecule has 1 unspecified atom stereocenters. The van der Waals surface area contributed by atoms with Gasteiger partial charge in [0.1, 0.15) is 16.1 Å². The predicted octanol–water partition coefficient (Wildman–Crippen LogP) is 4.59. The van der Waals surface area contributed by atoms with Crippen LogP contribution in [0.2, 0.25) is 0 Å². The van der Waals surface area contributed by atoms with Gasteiger partial charge >= 0.3 is 0 Å². The topological polar surface area (TPSA) is 106 Å². The molecule has 0 radical (unpaired) electrons. The Bertz CT molecular complexity index is 1320. The molecule has 1 fully saturated rings. The van der Waals surface area contributed by atoms with Crippen molar-refractivity contribution in [2.75, 3.05) is 23.9 Å².